The zero-order valence-corrected chi connectivity index (χ0v) is 19.5. The van der Waals surface area contributed by atoms with Crippen molar-refractivity contribution in [3.05, 3.63) is 65.5 Å². The van der Waals surface area contributed by atoms with Gasteiger partial charge in [0.1, 0.15) is 6.33 Å². The number of nitrogens with one attached hydrogen (secondary N) is 3. The van der Waals surface area contributed by atoms with E-state index in [9.17, 15) is 9.59 Å². The molecule has 3 rings (SSSR count). The summed E-state index contributed by atoms with van der Waals surface area (Å²) in [4.78, 5) is 38.7. The molecule has 9 nitrogen and oxygen atoms in total. The number of nitrogens with zero attached hydrogens (tertiary/aromatic N) is 4. The minimum Gasteiger partial charge on any atom is -0.357 e. The SMILES string of the molecule is CNc1ncnc(N(C)C(=O)Nc2cc(C(=O)Nc3ccc(CI)cc3)ccc2C)n1. The number of rotatable bonds is 6. The molecule has 0 saturated heterocycles. The summed E-state index contributed by atoms with van der Waals surface area (Å²) in [5.74, 6) is 0.284. The summed E-state index contributed by atoms with van der Waals surface area (Å²) in [6.45, 7) is 1.85. The Hall–Kier alpha value is -3.28. The van der Waals surface area contributed by atoms with E-state index in [-0.39, 0.29) is 11.9 Å². The van der Waals surface area contributed by atoms with Gasteiger partial charge in [0.15, 0.2) is 0 Å². The summed E-state index contributed by atoms with van der Waals surface area (Å²) < 4.78 is 0.905. The Morgan fingerprint density at radius 1 is 1.06 bits per heavy atom. The standard InChI is InChI=1S/C21H22IN7O2/c1-13-4-7-15(18(30)26-16-8-5-14(11-22)6-9-16)10-17(13)27-21(31)29(3)20-25-12-24-19(23-2)28-20/h4-10,12H,11H2,1-3H3,(H,26,30)(H,27,31)(H,23,24,25,28). The molecule has 1 heterocycles. The first-order valence-corrected chi connectivity index (χ1v) is 10.9. The van der Waals surface area contributed by atoms with E-state index in [4.69, 9.17) is 0 Å². The van der Waals surface area contributed by atoms with Gasteiger partial charge >= 0.3 is 6.03 Å². The monoisotopic (exact) mass is 531 g/mol. The predicted molar refractivity (Wildman–Crippen MR) is 130 cm³/mol. The van der Waals surface area contributed by atoms with Gasteiger partial charge in [0.05, 0.1) is 0 Å². The normalized spacial score (nSPS) is 10.3. The number of hydrogen-bond acceptors (Lipinski definition) is 6. The highest BCUT2D eigenvalue weighted by molar-refractivity contribution is 14.1. The van der Waals surface area contributed by atoms with Crippen molar-refractivity contribution in [3.63, 3.8) is 0 Å². The average Bonchev–Trinajstić information content (AvgIpc) is 2.80. The number of amides is 3. The second-order valence-electron chi connectivity index (χ2n) is 6.66. The van der Waals surface area contributed by atoms with Gasteiger partial charge in [0.25, 0.3) is 5.91 Å². The maximum Gasteiger partial charge on any atom is 0.328 e. The number of anilines is 4. The third-order valence-electron chi connectivity index (χ3n) is 4.49. The topological polar surface area (TPSA) is 112 Å². The lowest BCUT2D eigenvalue weighted by atomic mass is 10.1. The molecule has 10 heteroatoms. The average molecular weight is 531 g/mol. The molecule has 0 aliphatic heterocycles. The van der Waals surface area contributed by atoms with Gasteiger partial charge in [-0.05, 0) is 42.3 Å². The molecule has 0 aliphatic rings. The number of alkyl halides is 1. The van der Waals surface area contributed by atoms with Gasteiger partial charge in [-0.25, -0.2) is 14.8 Å². The summed E-state index contributed by atoms with van der Waals surface area (Å²) in [7, 11) is 3.23. The van der Waals surface area contributed by atoms with Crippen LogP contribution in [0.3, 0.4) is 0 Å². The molecular formula is C21H22IN7O2. The van der Waals surface area contributed by atoms with Crippen LogP contribution < -0.4 is 20.9 Å². The van der Waals surface area contributed by atoms with Crippen molar-refractivity contribution in [1.82, 2.24) is 15.0 Å². The lowest BCUT2D eigenvalue weighted by Crippen LogP contribution is -2.33. The van der Waals surface area contributed by atoms with Crippen LogP contribution in [-0.2, 0) is 4.43 Å². The smallest absolute Gasteiger partial charge is 0.328 e. The molecule has 3 amide bonds. The zero-order chi connectivity index (χ0) is 22.4. The Bertz CT molecular complexity index is 1090. The number of benzene rings is 2. The molecule has 31 heavy (non-hydrogen) atoms. The highest BCUT2D eigenvalue weighted by Crippen LogP contribution is 2.20. The number of urea groups is 1. The molecule has 0 bridgehead atoms. The lowest BCUT2D eigenvalue weighted by molar-refractivity contribution is 0.102. The Morgan fingerprint density at radius 2 is 1.81 bits per heavy atom. The van der Waals surface area contributed by atoms with E-state index in [1.54, 1.807) is 32.3 Å². The van der Waals surface area contributed by atoms with Crippen LogP contribution in [0, 0.1) is 6.92 Å². The third-order valence-corrected chi connectivity index (χ3v) is 5.38. The molecular weight excluding hydrogens is 509 g/mol. The van der Waals surface area contributed by atoms with Gasteiger partial charge in [0.2, 0.25) is 11.9 Å². The summed E-state index contributed by atoms with van der Waals surface area (Å²) in [6.07, 6.45) is 1.32. The Balaban J connectivity index is 1.73. The number of hydrogen-bond donors (Lipinski definition) is 3. The van der Waals surface area contributed by atoms with Crippen LogP contribution in [0.2, 0.25) is 0 Å². The molecule has 0 radical (unpaired) electrons. The number of halogens is 1. The van der Waals surface area contributed by atoms with Crippen molar-refractivity contribution in [2.45, 2.75) is 11.4 Å². The largest absolute Gasteiger partial charge is 0.357 e. The van der Waals surface area contributed by atoms with Crippen molar-refractivity contribution < 1.29 is 9.59 Å². The van der Waals surface area contributed by atoms with Crippen molar-refractivity contribution in [3.8, 4) is 0 Å². The van der Waals surface area contributed by atoms with E-state index in [2.05, 4.69) is 53.5 Å². The second kappa shape index (κ2) is 10.2. The van der Waals surface area contributed by atoms with Crippen molar-refractivity contribution in [1.29, 1.82) is 0 Å². The fourth-order valence-electron chi connectivity index (χ4n) is 2.64. The molecule has 3 N–H and O–H groups in total. The van der Waals surface area contributed by atoms with Crippen LogP contribution in [0.25, 0.3) is 0 Å². The van der Waals surface area contributed by atoms with Crippen LogP contribution in [0.4, 0.5) is 28.1 Å². The summed E-state index contributed by atoms with van der Waals surface area (Å²) in [6, 6.07) is 12.4. The van der Waals surface area contributed by atoms with Gasteiger partial charge < -0.3 is 16.0 Å². The Labute approximate surface area is 193 Å². The number of aryl methyl sites for hydroxylation is 1. The summed E-state index contributed by atoms with van der Waals surface area (Å²) in [5.41, 5.74) is 3.66. The first-order valence-electron chi connectivity index (χ1n) is 9.39. The second-order valence-corrected chi connectivity index (χ2v) is 7.43. The van der Waals surface area contributed by atoms with E-state index in [0.717, 1.165) is 9.99 Å². The minimum atomic E-state index is -0.441. The highest BCUT2D eigenvalue weighted by Gasteiger charge is 2.16. The van der Waals surface area contributed by atoms with Gasteiger partial charge in [0, 0.05) is 35.5 Å². The molecule has 160 valence electrons. The van der Waals surface area contributed by atoms with Crippen LogP contribution in [0.1, 0.15) is 21.5 Å². The number of carbonyl (C=O) groups excluding carboxylic acids is 2. The summed E-state index contributed by atoms with van der Waals surface area (Å²) >= 11 is 2.29. The Morgan fingerprint density at radius 3 is 2.48 bits per heavy atom. The van der Waals surface area contributed by atoms with Crippen LogP contribution in [0.5, 0.6) is 0 Å². The van der Waals surface area contributed by atoms with E-state index in [0.29, 0.717) is 22.9 Å². The highest BCUT2D eigenvalue weighted by atomic mass is 127. The van der Waals surface area contributed by atoms with Gasteiger partial charge in [-0.1, -0.05) is 40.8 Å². The van der Waals surface area contributed by atoms with E-state index < -0.39 is 6.03 Å². The molecule has 0 saturated carbocycles. The molecule has 0 aliphatic carbocycles. The molecule has 3 aromatic rings. The van der Waals surface area contributed by atoms with E-state index in [1.807, 2.05) is 31.2 Å². The van der Waals surface area contributed by atoms with Gasteiger partial charge in [-0.3, -0.25) is 9.69 Å². The van der Waals surface area contributed by atoms with Crippen LogP contribution in [0.15, 0.2) is 48.8 Å². The summed E-state index contributed by atoms with van der Waals surface area (Å²) in [5, 5.41) is 8.48. The lowest BCUT2D eigenvalue weighted by Gasteiger charge is -2.17. The van der Waals surface area contributed by atoms with Crippen LogP contribution in [-0.4, -0.2) is 41.0 Å². The van der Waals surface area contributed by atoms with E-state index in [1.165, 1.54) is 16.8 Å². The zero-order valence-electron chi connectivity index (χ0n) is 17.3. The maximum absolute atomic E-state index is 12.7. The first-order chi connectivity index (χ1) is 14.9. The molecule has 0 fully saturated rings. The fraction of sp³-hybridized carbons (Fsp3) is 0.190. The van der Waals surface area contributed by atoms with Crippen molar-refractivity contribution in [2.75, 3.05) is 34.9 Å². The Kier molecular flexibility index (Phi) is 7.34. The minimum absolute atomic E-state index is 0.193. The van der Waals surface area contributed by atoms with Crippen molar-refractivity contribution >= 4 is 57.8 Å². The molecule has 1 aromatic heterocycles. The molecule has 0 unspecified atom stereocenters. The molecule has 0 spiro atoms. The van der Waals surface area contributed by atoms with Gasteiger partial charge in [-0.2, -0.15) is 4.98 Å². The van der Waals surface area contributed by atoms with E-state index >= 15 is 0 Å². The van der Waals surface area contributed by atoms with Crippen LogP contribution >= 0.6 is 22.6 Å². The number of aromatic nitrogens is 3. The van der Waals surface area contributed by atoms with Crippen molar-refractivity contribution in [2.24, 2.45) is 0 Å². The number of carbonyl (C=O) groups is 2. The predicted octanol–water partition coefficient (Wildman–Crippen LogP) is 4.08. The first kappa shape index (κ1) is 22.4. The van der Waals surface area contributed by atoms with Gasteiger partial charge in [-0.15, -0.1) is 0 Å². The molecule has 0 atom stereocenters. The maximum atomic E-state index is 12.7. The quantitative estimate of drug-likeness (QED) is 0.327. The molecule has 2 aromatic carbocycles. The fourth-order valence-corrected chi connectivity index (χ4v) is 3.15. The third kappa shape index (κ3) is 5.66.